The zero-order chi connectivity index (χ0) is 13.2. The summed E-state index contributed by atoms with van der Waals surface area (Å²) in [4.78, 5) is 0. The van der Waals surface area contributed by atoms with Crippen LogP contribution in [-0.4, -0.2) is 22.4 Å². The highest BCUT2D eigenvalue weighted by Crippen LogP contribution is 2.11. The molecule has 0 fully saturated rings. The molecule has 3 heteroatoms. The summed E-state index contributed by atoms with van der Waals surface area (Å²) in [5.74, 6) is 0. The van der Waals surface area contributed by atoms with Gasteiger partial charge >= 0.3 is 0 Å². The second-order valence-electron chi connectivity index (χ2n) is 6.15. The summed E-state index contributed by atoms with van der Waals surface area (Å²) in [7, 11) is -1.81. The third-order valence-corrected chi connectivity index (χ3v) is 8.75. The van der Waals surface area contributed by atoms with E-state index >= 15 is 0 Å². The number of benzene rings is 1. The van der Waals surface area contributed by atoms with Crippen molar-refractivity contribution in [3.8, 4) is 0 Å². The fourth-order valence-electron chi connectivity index (χ4n) is 1.97. The molecule has 0 N–H and O–H groups in total. The summed E-state index contributed by atoms with van der Waals surface area (Å²) in [6, 6.07) is 7.15. The van der Waals surface area contributed by atoms with Crippen molar-refractivity contribution in [1.29, 1.82) is 0 Å². The lowest BCUT2D eigenvalue weighted by atomic mass is 10.2. The molecule has 0 aliphatic carbocycles. The molecular weight excluding hydrogens is 260 g/mol. The Morgan fingerprint density at radius 3 is 2.18 bits per heavy atom. The molecule has 0 bridgehead atoms. The minimum Gasteiger partial charge on any atom is -0.130 e. The highest BCUT2D eigenvalue weighted by molar-refractivity contribution is 6.89. The molecule has 1 aromatic carbocycles. The van der Waals surface area contributed by atoms with E-state index in [9.17, 15) is 0 Å². The molecule has 95 valence electrons. The summed E-state index contributed by atoms with van der Waals surface area (Å²) in [5, 5.41) is 3.10. The Hall–Kier alpha value is -0.0562. The molecule has 0 saturated heterocycles. The van der Waals surface area contributed by atoms with Crippen LogP contribution in [0.4, 0.5) is 0 Å². The molecule has 0 nitrogen and oxygen atoms in total. The van der Waals surface area contributed by atoms with E-state index in [2.05, 4.69) is 58.6 Å². The Kier molecular flexibility index (Phi) is 5.05. The topological polar surface area (TPSA) is 0 Å². The minimum absolute atomic E-state index is 0.595. The number of halogens is 1. The first-order valence-corrected chi connectivity index (χ1v) is 12.1. The van der Waals surface area contributed by atoms with Crippen molar-refractivity contribution in [3.05, 3.63) is 23.8 Å². The van der Waals surface area contributed by atoms with Crippen molar-refractivity contribution in [2.24, 2.45) is 0 Å². The third-order valence-electron chi connectivity index (χ3n) is 3.16. The van der Waals surface area contributed by atoms with Gasteiger partial charge in [-0.1, -0.05) is 67.6 Å². The second kappa shape index (κ2) is 5.72. The first-order chi connectivity index (χ1) is 7.75. The molecule has 0 unspecified atom stereocenters. The number of hydrogen-bond donors (Lipinski definition) is 0. The Morgan fingerprint density at radius 1 is 1.18 bits per heavy atom. The van der Waals surface area contributed by atoms with Gasteiger partial charge in [0, 0.05) is 5.50 Å². The largest absolute Gasteiger partial charge is 0.130 e. The maximum Gasteiger partial charge on any atom is 0.105 e. The van der Waals surface area contributed by atoms with E-state index in [0.717, 1.165) is 5.50 Å². The Balaban J connectivity index is 3.21. The monoisotopic (exact) mass is 283 g/mol. The normalized spacial score (nSPS) is 12.5. The molecular formula is C14H24ClSi2. The molecule has 17 heavy (non-hydrogen) atoms. The van der Waals surface area contributed by atoms with Gasteiger partial charge in [-0.15, -0.1) is 11.6 Å². The van der Waals surface area contributed by atoms with Gasteiger partial charge in [0.25, 0.3) is 0 Å². The Bertz CT molecular complexity index is 380. The molecule has 1 rings (SSSR count). The first kappa shape index (κ1) is 15.0. The highest BCUT2D eigenvalue weighted by atomic mass is 35.5. The lowest BCUT2D eigenvalue weighted by Gasteiger charge is -2.22. The zero-order valence-corrected chi connectivity index (χ0v) is 14.7. The molecule has 0 aliphatic rings. The summed E-state index contributed by atoms with van der Waals surface area (Å²) in [6.45, 7) is 14.0. The van der Waals surface area contributed by atoms with Gasteiger partial charge in [0.1, 0.15) is 8.80 Å². The smallest absolute Gasteiger partial charge is 0.105 e. The SMILES string of the molecule is Cc1cc([Si](CCl)C(C)C)cc([Si](C)(C)C)c1. The number of aryl methyl sites for hydroxylation is 1. The van der Waals surface area contributed by atoms with Gasteiger partial charge < -0.3 is 0 Å². The van der Waals surface area contributed by atoms with Crippen LogP contribution >= 0.6 is 11.6 Å². The van der Waals surface area contributed by atoms with Crippen LogP contribution in [0.2, 0.25) is 25.2 Å². The average Bonchev–Trinajstić information content (AvgIpc) is 2.15. The van der Waals surface area contributed by atoms with Crippen LogP contribution in [0.25, 0.3) is 0 Å². The van der Waals surface area contributed by atoms with Crippen molar-refractivity contribution in [1.82, 2.24) is 0 Å². The van der Waals surface area contributed by atoms with E-state index < -0.39 is 16.9 Å². The molecule has 0 aliphatic heterocycles. The van der Waals surface area contributed by atoms with E-state index in [1.807, 2.05) is 0 Å². The summed E-state index contributed by atoms with van der Waals surface area (Å²) >= 11 is 6.17. The van der Waals surface area contributed by atoms with Gasteiger partial charge in [0.2, 0.25) is 0 Å². The predicted molar refractivity (Wildman–Crippen MR) is 85.4 cm³/mol. The molecule has 0 aromatic heterocycles. The number of hydrogen-bond acceptors (Lipinski definition) is 0. The predicted octanol–water partition coefficient (Wildman–Crippen LogP) is 3.43. The first-order valence-electron chi connectivity index (χ1n) is 6.30. The number of alkyl halides is 1. The standard InChI is InChI=1S/C14H24ClSi2/c1-11(2)16(10-15)13-7-12(3)8-14(9-13)17(4,5)6/h7-9,11H,10H2,1-6H3. The molecule has 0 atom stereocenters. The van der Waals surface area contributed by atoms with Gasteiger partial charge in [-0.05, 0) is 12.5 Å². The van der Waals surface area contributed by atoms with Crippen molar-refractivity contribution < 1.29 is 0 Å². The molecule has 0 saturated carbocycles. The molecule has 1 aromatic rings. The third kappa shape index (κ3) is 3.97. The van der Waals surface area contributed by atoms with Crippen molar-refractivity contribution in [3.63, 3.8) is 0 Å². The Labute approximate surface area is 114 Å². The van der Waals surface area contributed by atoms with Crippen LogP contribution in [0.5, 0.6) is 0 Å². The van der Waals surface area contributed by atoms with Gasteiger partial charge in [0.15, 0.2) is 0 Å². The maximum atomic E-state index is 6.17. The van der Waals surface area contributed by atoms with Crippen LogP contribution in [0.15, 0.2) is 18.2 Å². The number of rotatable bonds is 4. The summed E-state index contributed by atoms with van der Waals surface area (Å²) in [6.07, 6.45) is 0. The van der Waals surface area contributed by atoms with E-state index in [1.54, 1.807) is 5.19 Å². The van der Waals surface area contributed by atoms with Gasteiger partial charge in [-0.2, -0.15) is 0 Å². The zero-order valence-electron chi connectivity index (χ0n) is 11.9. The van der Waals surface area contributed by atoms with E-state index in [4.69, 9.17) is 11.6 Å². The molecule has 0 amide bonds. The van der Waals surface area contributed by atoms with Crippen molar-refractivity contribution in [2.45, 2.75) is 46.0 Å². The van der Waals surface area contributed by atoms with Crippen LogP contribution in [0.1, 0.15) is 19.4 Å². The molecule has 0 spiro atoms. The lowest BCUT2D eigenvalue weighted by molar-refractivity contribution is 1.05. The van der Waals surface area contributed by atoms with E-state index in [-0.39, 0.29) is 0 Å². The summed E-state index contributed by atoms with van der Waals surface area (Å²) in [5.41, 5.74) is 2.92. The van der Waals surface area contributed by atoms with Gasteiger partial charge in [-0.25, -0.2) is 0 Å². The van der Waals surface area contributed by atoms with Crippen LogP contribution < -0.4 is 10.4 Å². The second-order valence-corrected chi connectivity index (χ2v) is 15.1. The fourth-order valence-corrected chi connectivity index (χ4v) is 6.63. The molecule has 0 heterocycles. The van der Waals surface area contributed by atoms with Crippen molar-refractivity contribution in [2.75, 3.05) is 5.50 Å². The highest BCUT2D eigenvalue weighted by Gasteiger charge is 2.22. The fraction of sp³-hybridized carbons (Fsp3) is 0.571. The lowest BCUT2D eigenvalue weighted by Crippen LogP contribution is -2.44. The van der Waals surface area contributed by atoms with Crippen LogP contribution in [0, 0.1) is 6.92 Å². The summed E-state index contributed by atoms with van der Waals surface area (Å²) < 4.78 is 0. The van der Waals surface area contributed by atoms with Gasteiger partial charge in [-0.3, -0.25) is 0 Å². The minimum atomic E-state index is -1.22. The Morgan fingerprint density at radius 2 is 1.76 bits per heavy atom. The van der Waals surface area contributed by atoms with Crippen LogP contribution in [-0.2, 0) is 0 Å². The van der Waals surface area contributed by atoms with E-state index in [0.29, 0.717) is 5.54 Å². The molecule has 1 radical (unpaired) electrons. The van der Waals surface area contributed by atoms with Gasteiger partial charge in [0.05, 0.1) is 8.07 Å². The maximum absolute atomic E-state index is 6.17. The quantitative estimate of drug-likeness (QED) is 0.587. The van der Waals surface area contributed by atoms with E-state index in [1.165, 1.54) is 10.8 Å². The average molecular weight is 284 g/mol. The van der Waals surface area contributed by atoms with Crippen molar-refractivity contribution >= 4 is 38.8 Å². The van der Waals surface area contributed by atoms with Crippen LogP contribution in [0.3, 0.4) is 0 Å².